The van der Waals surface area contributed by atoms with Crippen LogP contribution >= 0.6 is 0 Å². The van der Waals surface area contributed by atoms with Gasteiger partial charge in [0.15, 0.2) is 5.90 Å². The summed E-state index contributed by atoms with van der Waals surface area (Å²) in [5.74, 6) is 0.731. The predicted octanol–water partition coefficient (Wildman–Crippen LogP) is 2.44. The molecule has 0 fully saturated rings. The second-order valence-electron chi connectivity index (χ2n) is 2.49. The summed E-state index contributed by atoms with van der Waals surface area (Å²) in [4.78, 5) is 0. The molecule has 1 unspecified atom stereocenters. The van der Waals surface area contributed by atoms with Crippen molar-refractivity contribution >= 4 is 5.90 Å². The van der Waals surface area contributed by atoms with Gasteiger partial charge in [0.2, 0.25) is 0 Å². The maximum absolute atomic E-state index is 7.38. The Labute approximate surface area is 63.1 Å². The maximum atomic E-state index is 7.38. The van der Waals surface area contributed by atoms with Crippen LogP contribution in [0.15, 0.2) is 0 Å². The van der Waals surface area contributed by atoms with Crippen molar-refractivity contribution in [2.24, 2.45) is 5.92 Å². The molecule has 0 bridgehead atoms. The van der Waals surface area contributed by atoms with Crippen LogP contribution in [0.2, 0.25) is 0 Å². The molecule has 0 aromatic rings. The first kappa shape index (κ1) is 9.47. The molecule has 2 heteroatoms. The fourth-order valence-electron chi connectivity index (χ4n) is 0.862. The van der Waals surface area contributed by atoms with Crippen LogP contribution in [-0.2, 0) is 4.74 Å². The van der Waals surface area contributed by atoms with Gasteiger partial charge in [0.1, 0.15) is 0 Å². The summed E-state index contributed by atoms with van der Waals surface area (Å²) in [6.45, 7) is 6.68. The van der Waals surface area contributed by atoms with E-state index in [1.54, 1.807) is 0 Å². The Morgan fingerprint density at radius 1 is 1.50 bits per heavy atom. The minimum Gasteiger partial charge on any atom is -0.481 e. The Bertz CT molecular complexity index is 101. The lowest BCUT2D eigenvalue weighted by molar-refractivity contribution is 0.296. The standard InChI is InChI=1S/C8H17NO/c1-4-6-7(3)8(9)10-5-2/h7,9H,4-6H2,1-3H3. The molecule has 60 valence electrons. The molecular formula is C8H17NO. The van der Waals surface area contributed by atoms with Crippen LogP contribution < -0.4 is 0 Å². The Hall–Kier alpha value is -0.530. The minimum absolute atomic E-state index is 0.296. The summed E-state index contributed by atoms with van der Waals surface area (Å²) in [5, 5.41) is 7.38. The molecule has 0 aliphatic carbocycles. The van der Waals surface area contributed by atoms with E-state index in [4.69, 9.17) is 10.1 Å². The normalized spacial score (nSPS) is 12.7. The highest BCUT2D eigenvalue weighted by Crippen LogP contribution is 2.06. The van der Waals surface area contributed by atoms with Gasteiger partial charge in [-0.1, -0.05) is 20.3 Å². The largest absolute Gasteiger partial charge is 0.481 e. The summed E-state index contributed by atoms with van der Waals surface area (Å²) in [7, 11) is 0. The summed E-state index contributed by atoms with van der Waals surface area (Å²) in [6, 6.07) is 0. The molecule has 0 saturated heterocycles. The van der Waals surface area contributed by atoms with Crippen molar-refractivity contribution in [1.29, 1.82) is 5.41 Å². The minimum atomic E-state index is 0.296. The lowest BCUT2D eigenvalue weighted by atomic mass is 10.1. The van der Waals surface area contributed by atoms with Crippen LogP contribution in [0.3, 0.4) is 0 Å². The van der Waals surface area contributed by atoms with E-state index in [0.29, 0.717) is 18.4 Å². The highest BCUT2D eigenvalue weighted by atomic mass is 16.5. The van der Waals surface area contributed by atoms with Gasteiger partial charge in [-0.05, 0) is 13.3 Å². The molecule has 0 aliphatic heterocycles. The molecule has 0 aromatic carbocycles. The van der Waals surface area contributed by atoms with E-state index in [9.17, 15) is 0 Å². The SMILES string of the molecule is CCCC(C)C(=N)OCC. The van der Waals surface area contributed by atoms with E-state index in [1.165, 1.54) is 0 Å². The molecule has 0 spiro atoms. The average molecular weight is 143 g/mol. The molecular weight excluding hydrogens is 126 g/mol. The van der Waals surface area contributed by atoms with Gasteiger partial charge >= 0.3 is 0 Å². The molecule has 0 rings (SSSR count). The van der Waals surface area contributed by atoms with Crippen LogP contribution in [0, 0.1) is 11.3 Å². The third kappa shape index (κ3) is 3.49. The van der Waals surface area contributed by atoms with E-state index < -0.39 is 0 Å². The van der Waals surface area contributed by atoms with Crippen molar-refractivity contribution in [3.63, 3.8) is 0 Å². The number of hydrogen-bond acceptors (Lipinski definition) is 2. The maximum Gasteiger partial charge on any atom is 0.183 e. The van der Waals surface area contributed by atoms with Gasteiger partial charge in [0.05, 0.1) is 6.61 Å². The second-order valence-corrected chi connectivity index (χ2v) is 2.49. The quantitative estimate of drug-likeness (QED) is 0.476. The third-order valence-electron chi connectivity index (χ3n) is 1.47. The van der Waals surface area contributed by atoms with Crippen molar-refractivity contribution in [1.82, 2.24) is 0 Å². The summed E-state index contributed by atoms with van der Waals surface area (Å²) in [5.41, 5.74) is 0. The fraction of sp³-hybridized carbons (Fsp3) is 0.875. The molecule has 0 amide bonds. The first-order valence-electron chi connectivity index (χ1n) is 3.93. The molecule has 1 N–H and O–H groups in total. The monoisotopic (exact) mass is 143 g/mol. The van der Waals surface area contributed by atoms with E-state index in [0.717, 1.165) is 12.8 Å². The average Bonchev–Trinajstić information content (AvgIpc) is 1.89. The molecule has 0 aliphatic rings. The van der Waals surface area contributed by atoms with Gasteiger partial charge in [-0.2, -0.15) is 0 Å². The molecule has 0 heterocycles. The van der Waals surface area contributed by atoms with Gasteiger partial charge in [-0.3, -0.25) is 5.41 Å². The molecule has 0 radical (unpaired) electrons. The number of hydrogen-bond donors (Lipinski definition) is 1. The van der Waals surface area contributed by atoms with Gasteiger partial charge < -0.3 is 4.74 Å². The van der Waals surface area contributed by atoms with E-state index >= 15 is 0 Å². The van der Waals surface area contributed by atoms with Crippen molar-refractivity contribution in [3.8, 4) is 0 Å². The van der Waals surface area contributed by atoms with E-state index in [2.05, 4.69) is 6.92 Å². The van der Waals surface area contributed by atoms with Gasteiger partial charge in [-0.15, -0.1) is 0 Å². The molecule has 2 nitrogen and oxygen atoms in total. The van der Waals surface area contributed by atoms with Crippen LogP contribution in [0.1, 0.15) is 33.6 Å². The van der Waals surface area contributed by atoms with Crippen molar-refractivity contribution in [2.75, 3.05) is 6.61 Å². The van der Waals surface area contributed by atoms with Gasteiger partial charge in [0.25, 0.3) is 0 Å². The van der Waals surface area contributed by atoms with Crippen LogP contribution in [0.4, 0.5) is 0 Å². The first-order chi connectivity index (χ1) is 4.72. The van der Waals surface area contributed by atoms with Crippen molar-refractivity contribution in [3.05, 3.63) is 0 Å². The molecule has 1 atom stereocenters. The zero-order valence-corrected chi connectivity index (χ0v) is 7.11. The van der Waals surface area contributed by atoms with E-state index in [-0.39, 0.29) is 0 Å². The lowest BCUT2D eigenvalue weighted by Gasteiger charge is -2.10. The van der Waals surface area contributed by atoms with Crippen LogP contribution in [0.5, 0.6) is 0 Å². The molecule has 0 saturated carbocycles. The highest BCUT2D eigenvalue weighted by molar-refractivity contribution is 5.74. The number of nitrogens with one attached hydrogen (secondary N) is 1. The zero-order valence-electron chi connectivity index (χ0n) is 7.11. The van der Waals surface area contributed by atoms with Crippen molar-refractivity contribution in [2.45, 2.75) is 33.6 Å². The molecule has 10 heavy (non-hydrogen) atoms. The summed E-state index contributed by atoms with van der Waals surface area (Å²) in [6.07, 6.45) is 2.18. The van der Waals surface area contributed by atoms with Gasteiger partial charge in [-0.25, -0.2) is 0 Å². The van der Waals surface area contributed by atoms with Crippen LogP contribution in [0.25, 0.3) is 0 Å². The highest BCUT2D eigenvalue weighted by Gasteiger charge is 2.06. The topological polar surface area (TPSA) is 33.1 Å². The smallest absolute Gasteiger partial charge is 0.183 e. The summed E-state index contributed by atoms with van der Waals surface area (Å²) >= 11 is 0. The predicted molar refractivity (Wildman–Crippen MR) is 43.4 cm³/mol. The second kappa shape index (κ2) is 5.27. The Kier molecular flexibility index (Phi) is 4.99. The van der Waals surface area contributed by atoms with Crippen molar-refractivity contribution < 1.29 is 4.74 Å². The first-order valence-corrected chi connectivity index (χ1v) is 3.93. The number of ether oxygens (including phenoxy) is 1. The molecule has 0 aromatic heterocycles. The lowest BCUT2D eigenvalue weighted by Crippen LogP contribution is -2.13. The fourth-order valence-corrected chi connectivity index (χ4v) is 0.862. The number of rotatable bonds is 4. The Balaban J connectivity index is 3.49. The summed E-state index contributed by atoms with van der Waals surface area (Å²) < 4.78 is 5.04. The van der Waals surface area contributed by atoms with Crippen LogP contribution in [-0.4, -0.2) is 12.5 Å². The Morgan fingerprint density at radius 3 is 2.50 bits per heavy atom. The zero-order chi connectivity index (χ0) is 7.98. The van der Waals surface area contributed by atoms with Gasteiger partial charge in [0, 0.05) is 5.92 Å². The third-order valence-corrected chi connectivity index (χ3v) is 1.47. The Morgan fingerprint density at radius 2 is 2.10 bits per heavy atom. The van der Waals surface area contributed by atoms with E-state index in [1.807, 2.05) is 13.8 Å².